The Kier molecular flexibility index (Phi) is 7.21. The number of carbonyl (C=O) groups is 1. The molecule has 4 heteroatoms. The molecule has 0 aromatic heterocycles. The van der Waals surface area contributed by atoms with Gasteiger partial charge in [-0.05, 0) is 20.0 Å². The summed E-state index contributed by atoms with van der Waals surface area (Å²) in [5.74, 6) is 0.314. The van der Waals surface area contributed by atoms with E-state index in [4.69, 9.17) is 0 Å². The van der Waals surface area contributed by atoms with Gasteiger partial charge in [-0.1, -0.05) is 19.8 Å². The SMILES string of the molecule is CCCCCN(C)CCC(=O)N1CCNCC1. The molecule has 1 saturated heterocycles. The average Bonchev–Trinajstić information content (AvgIpc) is 2.37. The highest BCUT2D eigenvalue weighted by molar-refractivity contribution is 5.76. The van der Waals surface area contributed by atoms with Gasteiger partial charge >= 0.3 is 0 Å². The lowest BCUT2D eigenvalue weighted by atomic mass is 10.2. The van der Waals surface area contributed by atoms with Crippen LogP contribution in [0.2, 0.25) is 0 Å². The molecule has 1 N–H and O–H groups in total. The van der Waals surface area contributed by atoms with Gasteiger partial charge in [-0.15, -0.1) is 0 Å². The second kappa shape index (κ2) is 8.48. The molecule has 1 fully saturated rings. The molecule has 0 aliphatic carbocycles. The highest BCUT2D eigenvalue weighted by atomic mass is 16.2. The number of nitrogens with one attached hydrogen (secondary N) is 1. The maximum Gasteiger partial charge on any atom is 0.223 e. The molecule has 0 spiro atoms. The topological polar surface area (TPSA) is 35.6 Å². The van der Waals surface area contributed by atoms with Crippen LogP contribution in [0, 0.1) is 0 Å². The van der Waals surface area contributed by atoms with E-state index in [-0.39, 0.29) is 0 Å². The van der Waals surface area contributed by atoms with Gasteiger partial charge in [0.05, 0.1) is 0 Å². The van der Waals surface area contributed by atoms with Gasteiger partial charge in [0.15, 0.2) is 0 Å². The summed E-state index contributed by atoms with van der Waals surface area (Å²) in [4.78, 5) is 16.2. The van der Waals surface area contributed by atoms with Crippen molar-refractivity contribution in [2.75, 3.05) is 46.3 Å². The smallest absolute Gasteiger partial charge is 0.223 e. The van der Waals surface area contributed by atoms with Crippen molar-refractivity contribution in [1.29, 1.82) is 0 Å². The van der Waals surface area contributed by atoms with Gasteiger partial charge in [0.1, 0.15) is 0 Å². The van der Waals surface area contributed by atoms with Crippen molar-refractivity contribution in [2.45, 2.75) is 32.6 Å². The Morgan fingerprint density at radius 3 is 2.59 bits per heavy atom. The summed E-state index contributed by atoms with van der Waals surface area (Å²) < 4.78 is 0. The van der Waals surface area contributed by atoms with Gasteiger partial charge in [-0.2, -0.15) is 0 Å². The maximum absolute atomic E-state index is 11.9. The Morgan fingerprint density at radius 1 is 1.24 bits per heavy atom. The fourth-order valence-corrected chi connectivity index (χ4v) is 2.10. The summed E-state index contributed by atoms with van der Waals surface area (Å²) in [7, 11) is 2.11. The predicted octanol–water partition coefficient (Wildman–Crippen LogP) is 0.930. The summed E-state index contributed by atoms with van der Waals surface area (Å²) in [6.07, 6.45) is 4.46. The maximum atomic E-state index is 11.9. The average molecular weight is 241 g/mol. The first kappa shape index (κ1) is 14.5. The van der Waals surface area contributed by atoms with E-state index in [1.807, 2.05) is 4.90 Å². The lowest BCUT2D eigenvalue weighted by Gasteiger charge is -2.28. The van der Waals surface area contributed by atoms with Gasteiger partial charge in [-0.25, -0.2) is 0 Å². The van der Waals surface area contributed by atoms with Crippen molar-refractivity contribution >= 4 is 5.91 Å². The molecule has 0 aromatic carbocycles. The van der Waals surface area contributed by atoms with E-state index in [0.717, 1.165) is 39.3 Å². The number of unbranched alkanes of at least 4 members (excludes halogenated alkanes) is 2. The van der Waals surface area contributed by atoms with Crippen molar-refractivity contribution in [3.05, 3.63) is 0 Å². The molecule has 0 atom stereocenters. The molecule has 1 amide bonds. The Balaban J connectivity index is 2.09. The van der Waals surface area contributed by atoms with E-state index in [0.29, 0.717) is 12.3 Å². The number of nitrogens with zero attached hydrogens (tertiary/aromatic N) is 2. The molecule has 1 aliphatic rings. The normalized spacial score (nSPS) is 16.5. The minimum absolute atomic E-state index is 0.314. The molecule has 0 saturated carbocycles. The summed E-state index contributed by atoms with van der Waals surface area (Å²) in [5, 5.41) is 3.26. The fraction of sp³-hybridized carbons (Fsp3) is 0.923. The zero-order chi connectivity index (χ0) is 12.5. The number of carbonyl (C=O) groups excluding carboxylic acids is 1. The number of amides is 1. The summed E-state index contributed by atoms with van der Waals surface area (Å²) >= 11 is 0. The van der Waals surface area contributed by atoms with E-state index in [1.54, 1.807) is 0 Å². The highest BCUT2D eigenvalue weighted by Gasteiger charge is 2.15. The van der Waals surface area contributed by atoms with E-state index < -0.39 is 0 Å². The standard InChI is InChI=1S/C13H27N3O/c1-3-4-5-9-15(2)10-6-13(17)16-11-7-14-8-12-16/h14H,3-12H2,1-2H3. The molecular formula is C13H27N3O. The molecule has 100 valence electrons. The summed E-state index contributed by atoms with van der Waals surface area (Å²) in [6.45, 7) is 7.86. The van der Waals surface area contributed by atoms with Gasteiger partial charge in [0.25, 0.3) is 0 Å². The van der Waals surface area contributed by atoms with Crippen molar-refractivity contribution in [2.24, 2.45) is 0 Å². The molecule has 0 radical (unpaired) electrons. The molecule has 17 heavy (non-hydrogen) atoms. The lowest BCUT2D eigenvalue weighted by molar-refractivity contribution is -0.132. The number of hydrogen-bond acceptors (Lipinski definition) is 3. The van der Waals surface area contributed by atoms with Crippen LogP contribution >= 0.6 is 0 Å². The zero-order valence-corrected chi connectivity index (χ0v) is 11.4. The molecule has 0 aromatic rings. The van der Waals surface area contributed by atoms with Gasteiger partial charge in [0.2, 0.25) is 5.91 Å². The Labute approximate surface area is 105 Å². The van der Waals surface area contributed by atoms with E-state index >= 15 is 0 Å². The van der Waals surface area contributed by atoms with Crippen LogP contribution in [0.4, 0.5) is 0 Å². The van der Waals surface area contributed by atoms with E-state index in [9.17, 15) is 4.79 Å². The van der Waals surface area contributed by atoms with Crippen LogP contribution < -0.4 is 5.32 Å². The van der Waals surface area contributed by atoms with Gasteiger partial charge in [0, 0.05) is 39.1 Å². The monoisotopic (exact) mass is 241 g/mol. The van der Waals surface area contributed by atoms with Gasteiger partial charge < -0.3 is 15.1 Å². The zero-order valence-electron chi connectivity index (χ0n) is 11.4. The molecule has 1 rings (SSSR count). The minimum atomic E-state index is 0.314. The molecule has 4 nitrogen and oxygen atoms in total. The molecule has 0 bridgehead atoms. The third-order valence-electron chi connectivity index (χ3n) is 3.32. The van der Waals surface area contributed by atoms with Crippen LogP contribution in [-0.4, -0.2) is 62.0 Å². The van der Waals surface area contributed by atoms with Crippen LogP contribution in [0.5, 0.6) is 0 Å². The van der Waals surface area contributed by atoms with Crippen LogP contribution in [-0.2, 0) is 4.79 Å². The first-order valence-electron chi connectivity index (χ1n) is 6.91. The Hall–Kier alpha value is -0.610. The summed E-state index contributed by atoms with van der Waals surface area (Å²) in [5.41, 5.74) is 0. The van der Waals surface area contributed by atoms with Crippen LogP contribution in [0.1, 0.15) is 32.6 Å². The van der Waals surface area contributed by atoms with E-state index in [1.165, 1.54) is 19.3 Å². The number of hydrogen-bond donors (Lipinski definition) is 1. The second-order valence-corrected chi connectivity index (χ2v) is 4.89. The molecule has 1 aliphatic heterocycles. The predicted molar refractivity (Wildman–Crippen MR) is 71.1 cm³/mol. The third kappa shape index (κ3) is 6.03. The first-order valence-corrected chi connectivity index (χ1v) is 6.91. The third-order valence-corrected chi connectivity index (χ3v) is 3.32. The number of rotatable bonds is 7. The Morgan fingerprint density at radius 2 is 1.94 bits per heavy atom. The quantitative estimate of drug-likeness (QED) is 0.674. The van der Waals surface area contributed by atoms with Crippen molar-refractivity contribution in [3.8, 4) is 0 Å². The molecule has 1 heterocycles. The van der Waals surface area contributed by atoms with Crippen LogP contribution in [0.15, 0.2) is 0 Å². The molecule has 0 unspecified atom stereocenters. The molecular weight excluding hydrogens is 214 g/mol. The number of piperazine rings is 1. The van der Waals surface area contributed by atoms with Crippen LogP contribution in [0.25, 0.3) is 0 Å². The van der Waals surface area contributed by atoms with E-state index in [2.05, 4.69) is 24.2 Å². The fourth-order valence-electron chi connectivity index (χ4n) is 2.10. The highest BCUT2D eigenvalue weighted by Crippen LogP contribution is 2.00. The minimum Gasteiger partial charge on any atom is -0.340 e. The summed E-state index contributed by atoms with van der Waals surface area (Å²) in [6, 6.07) is 0. The van der Waals surface area contributed by atoms with Gasteiger partial charge in [-0.3, -0.25) is 4.79 Å². The van der Waals surface area contributed by atoms with Crippen molar-refractivity contribution < 1.29 is 4.79 Å². The largest absolute Gasteiger partial charge is 0.340 e. The van der Waals surface area contributed by atoms with Crippen LogP contribution in [0.3, 0.4) is 0 Å². The first-order chi connectivity index (χ1) is 8.24. The van der Waals surface area contributed by atoms with Crippen molar-refractivity contribution in [3.63, 3.8) is 0 Å². The Bertz CT molecular complexity index is 215. The van der Waals surface area contributed by atoms with Crippen molar-refractivity contribution in [1.82, 2.24) is 15.1 Å². The lowest BCUT2D eigenvalue weighted by Crippen LogP contribution is -2.47. The second-order valence-electron chi connectivity index (χ2n) is 4.89.